The van der Waals surface area contributed by atoms with Crippen molar-refractivity contribution in [1.82, 2.24) is 10.3 Å². The fourth-order valence-corrected chi connectivity index (χ4v) is 3.05. The number of aromatic nitrogens is 1. The second-order valence-electron chi connectivity index (χ2n) is 7.42. The first-order chi connectivity index (χ1) is 12.3. The molecule has 1 heterocycles. The highest BCUT2D eigenvalue weighted by atomic mass is 16.2. The molecule has 0 bridgehead atoms. The summed E-state index contributed by atoms with van der Waals surface area (Å²) >= 11 is 0. The number of aromatic amines is 1. The smallest absolute Gasteiger partial charge is 0.252 e. The Balaban J connectivity index is 1.69. The molecule has 0 saturated heterocycles. The van der Waals surface area contributed by atoms with Crippen LogP contribution in [0, 0.1) is 6.92 Å². The minimum atomic E-state index is -0.211. The molecule has 0 radical (unpaired) electrons. The van der Waals surface area contributed by atoms with Gasteiger partial charge in [0.15, 0.2) is 0 Å². The van der Waals surface area contributed by atoms with E-state index in [1.54, 1.807) is 6.07 Å². The molecule has 0 atom stereocenters. The van der Waals surface area contributed by atoms with E-state index in [4.69, 9.17) is 0 Å². The lowest BCUT2D eigenvalue weighted by molar-refractivity contribution is -0.120. The number of pyridine rings is 1. The Morgan fingerprint density at radius 1 is 1.08 bits per heavy atom. The predicted octanol–water partition coefficient (Wildman–Crippen LogP) is 3.47. The number of aryl methyl sites for hydroxylation is 1. The van der Waals surface area contributed by atoms with E-state index in [1.807, 2.05) is 30.3 Å². The largest absolute Gasteiger partial charge is 0.355 e. The fourth-order valence-electron chi connectivity index (χ4n) is 3.05. The number of fused-ring (bicyclic) bond motifs is 1. The maximum Gasteiger partial charge on any atom is 0.252 e. The van der Waals surface area contributed by atoms with E-state index in [0.29, 0.717) is 12.1 Å². The highest BCUT2D eigenvalue weighted by molar-refractivity contribution is 5.82. The molecule has 134 valence electrons. The average molecular weight is 348 g/mol. The Labute approximate surface area is 153 Å². The molecule has 0 fully saturated rings. The van der Waals surface area contributed by atoms with Gasteiger partial charge in [-0.3, -0.25) is 9.59 Å². The molecule has 26 heavy (non-hydrogen) atoms. The van der Waals surface area contributed by atoms with Gasteiger partial charge in [0, 0.05) is 23.0 Å². The van der Waals surface area contributed by atoms with Gasteiger partial charge in [-0.1, -0.05) is 61.9 Å². The van der Waals surface area contributed by atoms with Crippen molar-refractivity contribution >= 4 is 16.8 Å². The van der Waals surface area contributed by atoms with E-state index in [0.717, 1.165) is 10.9 Å². The molecule has 1 aromatic heterocycles. The van der Waals surface area contributed by atoms with Gasteiger partial charge in [-0.15, -0.1) is 0 Å². The quantitative estimate of drug-likeness (QED) is 0.741. The zero-order valence-corrected chi connectivity index (χ0v) is 15.4. The number of nitrogens with one attached hydrogen (secondary N) is 2. The van der Waals surface area contributed by atoms with Crippen molar-refractivity contribution in [2.45, 2.75) is 32.6 Å². The standard InChI is InChI=1S/C22H24N2O2/c1-15-7-6-9-18(11-15)22(2,3)14-23-20(25)13-17-12-16-8-4-5-10-19(16)24-21(17)26/h4-12H,13-14H2,1-3H3,(H,23,25)(H,24,26). The molecule has 3 aromatic rings. The Morgan fingerprint density at radius 3 is 2.62 bits per heavy atom. The summed E-state index contributed by atoms with van der Waals surface area (Å²) < 4.78 is 0. The average Bonchev–Trinajstić information content (AvgIpc) is 2.61. The number of amides is 1. The van der Waals surface area contributed by atoms with E-state index >= 15 is 0 Å². The number of carbonyl (C=O) groups is 1. The first-order valence-corrected chi connectivity index (χ1v) is 8.80. The van der Waals surface area contributed by atoms with Crippen molar-refractivity contribution in [2.75, 3.05) is 6.54 Å². The van der Waals surface area contributed by atoms with Crippen LogP contribution < -0.4 is 10.9 Å². The van der Waals surface area contributed by atoms with Crippen molar-refractivity contribution in [1.29, 1.82) is 0 Å². The van der Waals surface area contributed by atoms with Gasteiger partial charge in [-0.2, -0.15) is 0 Å². The van der Waals surface area contributed by atoms with Crippen molar-refractivity contribution < 1.29 is 4.79 Å². The van der Waals surface area contributed by atoms with Gasteiger partial charge < -0.3 is 10.3 Å². The number of H-pyrrole nitrogens is 1. The number of carbonyl (C=O) groups excluding carboxylic acids is 1. The van der Waals surface area contributed by atoms with E-state index in [9.17, 15) is 9.59 Å². The zero-order chi connectivity index (χ0) is 18.7. The Bertz CT molecular complexity index is 1000. The highest BCUT2D eigenvalue weighted by Gasteiger charge is 2.21. The van der Waals surface area contributed by atoms with Crippen LogP contribution in [0.1, 0.15) is 30.5 Å². The molecule has 1 amide bonds. The summed E-state index contributed by atoms with van der Waals surface area (Å²) in [5, 5.41) is 3.90. The van der Waals surface area contributed by atoms with Crippen molar-refractivity contribution in [3.8, 4) is 0 Å². The summed E-state index contributed by atoms with van der Waals surface area (Å²) in [4.78, 5) is 27.4. The summed E-state index contributed by atoms with van der Waals surface area (Å²) in [6, 6.07) is 17.7. The third-order valence-electron chi connectivity index (χ3n) is 4.71. The molecule has 0 aliphatic rings. The molecule has 2 N–H and O–H groups in total. The lowest BCUT2D eigenvalue weighted by atomic mass is 9.84. The lowest BCUT2D eigenvalue weighted by Gasteiger charge is -2.26. The van der Waals surface area contributed by atoms with E-state index < -0.39 is 0 Å². The summed E-state index contributed by atoms with van der Waals surface area (Å²) in [6.07, 6.45) is 0.0735. The van der Waals surface area contributed by atoms with Gasteiger partial charge in [0.1, 0.15) is 0 Å². The molecule has 4 heteroatoms. The maximum absolute atomic E-state index is 12.4. The summed E-state index contributed by atoms with van der Waals surface area (Å²) in [7, 11) is 0. The third kappa shape index (κ3) is 4.02. The first-order valence-electron chi connectivity index (χ1n) is 8.80. The summed E-state index contributed by atoms with van der Waals surface area (Å²) in [6.45, 7) is 6.78. The molecule has 3 rings (SSSR count). The molecule has 0 spiro atoms. The van der Waals surface area contributed by atoms with Gasteiger partial charge in [0.05, 0.1) is 6.42 Å². The van der Waals surface area contributed by atoms with Crippen LogP contribution in [0.4, 0.5) is 0 Å². The number of rotatable bonds is 5. The van der Waals surface area contributed by atoms with E-state index in [-0.39, 0.29) is 23.3 Å². The van der Waals surface area contributed by atoms with Crippen LogP contribution in [0.15, 0.2) is 59.4 Å². The van der Waals surface area contributed by atoms with Gasteiger partial charge in [0.2, 0.25) is 5.91 Å². The molecule has 0 unspecified atom stereocenters. The zero-order valence-electron chi connectivity index (χ0n) is 15.4. The molecular weight excluding hydrogens is 324 g/mol. The van der Waals surface area contributed by atoms with Gasteiger partial charge >= 0.3 is 0 Å². The van der Waals surface area contributed by atoms with Gasteiger partial charge in [-0.05, 0) is 30.0 Å². The highest BCUT2D eigenvalue weighted by Crippen LogP contribution is 2.23. The summed E-state index contributed by atoms with van der Waals surface area (Å²) in [5.74, 6) is -0.147. The Morgan fingerprint density at radius 2 is 1.85 bits per heavy atom. The summed E-state index contributed by atoms with van der Waals surface area (Å²) in [5.41, 5.74) is 3.25. The van der Waals surface area contributed by atoms with E-state index in [1.165, 1.54) is 11.1 Å². The van der Waals surface area contributed by atoms with Crippen molar-refractivity contribution in [3.05, 3.63) is 81.6 Å². The Kier molecular flexibility index (Phi) is 4.94. The van der Waals surface area contributed by atoms with Crippen LogP contribution in [-0.2, 0) is 16.6 Å². The molecule has 2 aromatic carbocycles. The number of benzene rings is 2. The van der Waals surface area contributed by atoms with Crippen LogP contribution in [0.25, 0.3) is 10.9 Å². The third-order valence-corrected chi connectivity index (χ3v) is 4.71. The molecule has 0 aliphatic heterocycles. The topological polar surface area (TPSA) is 62.0 Å². The van der Waals surface area contributed by atoms with Crippen molar-refractivity contribution in [2.24, 2.45) is 0 Å². The second-order valence-corrected chi connectivity index (χ2v) is 7.42. The lowest BCUT2D eigenvalue weighted by Crippen LogP contribution is -2.38. The number of para-hydroxylation sites is 1. The van der Waals surface area contributed by atoms with Crippen LogP contribution in [-0.4, -0.2) is 17.4 Å². The molecule has 0 aliphatic carbocycles. The minimum absolute atomic E-state index is 0.0735. The van der Waals surface area contributed by atoms with Crippen molar-refractivity contribution in [3.63, 3.8) is 0 Å². The molecular formula is C22H24N2O2. The SMILES string of the molecule is Cc1cccc(C(C)(C)CNC(=O)Cc2cc3ccccc3[nH]c2=O)c1. The van der Waals surface area contributed by atoms with Gasteiger partial charge in [0.25, 0.3) is 5.56 Å². The fraction of sp³-hybridized carbons (Fsp3) is 0.273. The predicted molar refractivity (Wildman–Crippen MR) is 105 cm³/mol. The van der Waals surface area contributed by atoms with Crippen LogP contribution in [0.5, 0.6) is 0 Å². The van der Waals surface area contributed by atoms with Crippen LogP contribution >= 0.6 is 0 Å². The van der Waals surface area contributed by atoms with Gasteiger partial charge in [-0.25, -0.2) is 0 Å². The maximum atomic E-state index is 12.4. The monoisotopic (exact) mass is 348 g/mol. The van der Waals surface area contributed by atoms with Crippen LogP contribution in [0.3, 0.4) is 0 Å². The number of hydrogen-bond donors (Lipinski definition) is 2. The number of hydrogen-bond acceptors (Lipinski definition) is 2. The molecule has 4 nitrogen and oxygen atoms in total. The Hall–Kier alpha value is -2.88. The van der Waals surface area contributed by atoms with Crippen LogP contribution in [0.2, 0.25) is 0 Å². The molecule has 0 saturated carbocycles. The normalized spacial score (nSPS) is 11.5. The second kappa shape index (κ2) is 7.16. The first kappa shape index (κ1) is 17.9. The minimum Gasteiger partial charge on any atom is -0.355 e. The van der Waals surface area contributed by atoms with E-state index in [2.05, 4.69) is 49.3 Å².